The van der Waals surface area contributed by atoms with Crippen LogP contribution >= 0.6 is 0 Å². The SMILES string of the molecule is CC1(C)COC(=O)N1[C@@H]1C[C@@H](c2ccc(C(F)(F)F)cc2)N(Cc2ccccc2)O1. The van der Waals surface area contributed by atoms with Gasteiger partial charge in [0.2, 0.25) is 0 Å². The highest BCUT2D eigenvalue weighted by atomic mass is 19.4. The van der Waals surface area contributed by atoms with Crippen LogP contribution in [0.2, 0.25) is 0 Å². The van der Waals surface area contributed by atoms with E-state index < -0.39 is 29.6 Å². The van der Waals surface area contributed by atoms with Crippen LogP contribution in [0, 0.1) is 0 Å². The van der Waals surface area contributed by atoms with Crippen molar-refractivity contribution in [1.82, 2.24) is 9.96 Å². The lowest BCUT2D eigenvalue weighted by molar-refractivity contribution is -0.205. The van der Waals surface area contributed by atoms with Crippen molar-refractivity contribution in [3.63, 3.8) is 0 Å². The minimum atomic E-state index is -4.39. The van der Waals surface area contributed by atoms with Gasteiger partial charge in [0.25, 0.3) is 0 Å². The maximum absolute atomic E-state index is 13.0. The number of rotatable bonds is 4. The number of hydrogen-bond acceptors (Lipinski definition) is 4. The molecule has 0 aliphatic carbocycles. The Hall–Kier alpha value is -2.58. The van der Waals surface area contributed by atoms with E-state index >= 15 is 0 Å². The van der Waals surface area contributed by atoms with Crippen molar-refractivity contribution in [1.29, 1.82) is 0 Å². The van der Waals surface area contributed by atoms with Gasteiger partial charge in [-0.05, 0) is 37.1 Å². The van der Waals surface area contributed by atoms with Crippen LogP contribution < -0.4 is 0 Å². The van der Waals surface area contributed by atoms with Gasteiger partial charge in [-0.25, -0.2) is 4.79 Å². The first-order valence-corrected chi connectivity index (χ1v) is 9.76. The second-order valence-corrected chi connectivity index (χ2v) is 8.23. The van der Waals surface area contributed by atoms with Crippen LogP contribution in [0.3, 0.4) is 0 Å². The normalized spacial score (nSPS) is 24.3. The predicted octanol–water partition coefficient (Wildman–Crippen LogP) is 5.14. The van der Waals surface area contributed by atoms with Crippen molar-refractivity contribution in [3.8, 4) is 0 Å². The molecule has 2 aromatic rings. The first-order valence-electron chi connectivity index (χ1n) is 9.76. The van der Waals surface area contributed by atoms with E-state index in [2.05, 4.69) is 0 Å². The van der Waals surface area contributed by atoms with Gasteiger partial charge in [0, 0.05) is 13.0 Å². The van der Waals surface area contributed by atoms with E-state index in [1.54, 1.807) is 9.96 Å². The number of carbonyl (C=O) groups is 1. The quantitative estimate of drug-likeness (QED) is 0.687. The zero-order valence-corrected chi connectivity index (χ0v) is 16.7. The topological polar surface area (TPSA) is 42.0 Å². The molecule has 5 nitrogen and oxygen atoms in total. The van der Waals surface area contributed by atoms with Crippen molar-refractivity contribution in [2.45, 2.75) is 50.8 Å². The lowest BCUT2D eigenvalue weighted by atomic mass is 9.99. The smallest absolute Gasteiger partial charge is 0.416 e. The third kappa shape index (κ3) is 4.02. The zero-order chi connectivity index (χ0) is 21.5. The summed E-state index contributed by atoms with van der Waals surface area (Å²) in [6.45, 7) is 4.49. The summed E-state index contributed by atoms with van der Waals surface area (Å²) in [5.41, 5.74) is 0.473. The van der Waals surface area contributed by atoms with Crippen molar-refractivity contribution >= 4 is 6.09 Å². The van der Waals surface area contributed by atoms with Gasteiger partial charge in [-0.2, -0.15) is 18.2 Å². The Morgan fingerprint density at radius 3 is 2.30 bits per heavy atom. The summed E-state index contributed by atoms with van der Waals surface area (Å²) < 4.78 is 44.1. The number of cyclic esters (lactones) is 1. The predicted molar refractivity (Wildman–Crippen MR) is 103 cm³/mol. The van der Waals surface area contributed by atoms with Crippen LogP contribution in [0.15, 0.2) is 54.6 Å². The fourth-order valence-corrected chi connectivity index (χ4v) is 3.97. The minimum Gasteiger partial charge on any atom is -0.447 e. The molecule has 4 rings (SSSR count). The average molecular weight is 420 g/mol. The molecule has 0 aromatic heterocycles. The van der Waals surface area contributed by atoms with E-state index in [0.717, 1.165) is 17.7 Å². The van der Waals surface area contributed by atoms with Gasteiger partial charge in [-0.1, -0.05) is 42.5 Å². The Labute approximate surface area is 172 Å². The number of hydroxylamine groups is 2. The number of alkyl halides is 3. The lowest BCUT2D eigenvalue weighted by Crippen LogP contribution is -2.48. The minimum absolute atomic E-state index is 0.259. The number of amides is 1. The number of carbonyl (C=O) groups excluding carboxylic acids is 1. The third-order valence-corrected chi connectivity index (χ3v) is 5.52. The van der Waals surface area contributed by atoms with Crippen molar-refractivity contribution < 1.29 is 27.5 Å². The molecule has 0 unspecified atom stereocenters. The van der Waals surface area contributed by atoms with Crippen molar-refractivity contribution in [2.75, 3.05) is 6.61 Å². The summed E-state index contributed by atoms with van der Waals surface area (Å²) in [5, 5.41) is 1.74. The van der Waals surface area contributed by atoms with Gasteiger partial charge in [0.15, 0.2) is 6.23 Å². The van der Waals surface area contributed by atoms with Crippen molar-refractivity contribution in [2.24, 2.45) is 0 Å². The molecule has 2 aliphatic heterocycles. The lowest BCUT2D eigenvalue weighted by Gasteiger charge is -2.32. The van der Waals surface area contributed by atoms with Gasteiger partial charge in [-0.15, -0.1) is 0 Å². The van der Waals surface area contributed by atoms with Gasteiger partial charge in [0.05, 0.1) is 17.1 Å². The maximum atomic E-state index is 13.0. The van der Waals surface area contributed by atoms with Gasteiger partial charge in [-0.3, -0.25) is 9.74 Å². The van der Waals surface area contributed by atoms with Gasteiger partial charge < -0.3 is 4.74 Å². The highest BCUT2D eigenvalue weighted by Crippen LogP contribution is 2.41. The first-order chi connectivity index (χ1) is 14.1. The highest BCUT2D eigenvalue weighted by molar-refractivity contribution is 5.71. The Kier molecular flexibility index (Phi) is 5.23. The fraction of sp³-hybridized carbons (Fsp3) is 0.409. The molecule has 2 fully saturated rings. The van der Waals surface area contributed by atoms with Gasteiger partial charge >= 0.3 is 12.3 Å². The molecule has 0 bridgehead atoms. The number of nitrogens with zero attached hydrogens (tertiary/aromatic N) is 2. The number of halogens is 3. The number of benzene rings is 2. The van der Waals surface area contributed by atoms with Crippen LogP contribution in [0.5, 0.6) is 0 Å². The molecule has 2 atom stereocenters. The number of hydrogen-bond donors (Lipinski definition) is 0. The molecule has 2 saturated heterocycles. The van der Waals surface area contributed by atoms with Gasteiger partial charge in [0.1, 0.15) is 6.61 Å². The van der Waals surface area contributed by atoms with Crippen LogP contribution in [-0.2, 0) is 22.3 Å². The summed E-state index contributed by atoms with van der Waals surface area (Å²) >= 11 is 0. The first kappa shape index (κ1) is 20.7. The maximum Gasteiger partial charge on any atom is 0.416 e. The highest BCUT2D eigenvalue weighted by Gasteiger charge is 2.49. The Balaban J connectivity index is 1.62. The van der Waals surface area contributed by atoms with E-state index in [1.807, 2.05) is 44.2 Å². The Bertz CT molecular complexity index is 900. The molecule has 8 heteroatoms. The summed E-state index contributed by atoms with van der Waals surface area (Å²) in [6.07, 6.45) is -4.97. The van der Waals surface area contributed by atoms with Crippen molar-refractivity contribution in [3.05, 3.63) is 71.3 Å². The molecule has 160 valence electrons. The molecular formula is C22H23F3N2O3. The molecule has 0 spiro atoms. The summed E-state index contributed by atoms with van der Waals surface area (Å²) in [4.78, 5) is 20.1. The second-order valence-electron chi connectivity index (χ2n) is 8.23. The zero-order valence-electron chi connectivity index (χ0n) is 16.7. The Morgan fingerprint density at radius 2 is 1.73 bits per heavy atom. The second kappa shape index (κ2) is 7.59. The van der Waals surface area contributed by atoms with Crippen LogP contribution in [0.25, 0.3) is 0 Å². The van der Waals surface area contributed by atoms with E-state index in [-0.39, 0.29) is 12.6 Å². The van der Waals surface area contributed by atoms with E-state index in [9.17, 15) is 18.0 Å². The monoisotopic (exact) mass is 420 g/mol. The average Bonchev–Trinajstić information content (AvgIpc) is 3.21. The number of ether oxygens (including phenoxy) is 1. The molecule has 0 radical (unpaired) electrons. The van der Waals surface area contributed by atoms with E-state index in [4.69, 9.17) is 9.57 Å². The fourth-order valence-electron chi connectivity index (χ4n) is 3.97. The molecule has 0 saturated carbocycles. The molecule has 0 N–H and O–H groups in total. The Morgan fingerprint density at radius 1 is 1.07 bits per heavy atom. The molecule has 2 aliphatic rings. The molecule has 2 heterocycles. The van der Waals surface area contributed by atoms with Crippen LogP contribution in [0.1, 0.15) is 43.0 Å². The summed E-state index contributed by atoms with van der Waals surface area (Å²) in [7, 11) is 0. The standard InChI is InChI=1S/C22H23F3N2O3/c1-21(2)14-29-20(28)27(21)19-12-18(16-8-10-17(11-9-16)22(23,24)25)26(30-19)13-15-6-4-3-5-7-15/h3-11,18-19H,12-14H2,1-2H3/t18-,19-/m0/s1. The largest absolute Gasteiger partial charge is 0.447 e. The van der Waals surface area contributed by atoms with Crippen LogP contribution in [-0.4, -0.2) is 34.4 Å². The molecule has 1 amide bonds. The summed E-state index contributed by atoms with van der Waals surface area (Å²) in [6, 6.07) is 14.5. The molecule has 30 heavy (non-hydrogen) atoms. The molecular weight excluding hydrogens is 397 g/mol. The third-order valence-electron chi connectivity index (χ3n) is 5.52. The van der Waals surface area contributed by atoms with E-state index in [0.29, 0.717) is 18.5 Å². The van der Waals surface area contributed by atoms with E-state index in [1.165, 1.54) is 12.1 Å². The molecule has 2 aromatic carbocycles. The van der Waals surface area contributed by atoms with Crippen LogP contribution in [0.4, 0.5) is 18.0 Å². The summed E-state index contributed by atoms with van der Waals surface area (Å²) in [5.74, 6) is 0.